The molecule has 0 aromatic carbocycles. The molecule has 0 heterocycles. The fourth-order valence-corrected chi connectivity index (χ4v) is 18.2. The number of rotatable bonds is 11. The fourth-order valence-electron chi connectivity index (χ4n) is 18.2. The molecule has 0 bridgehead atoms. The lowest BCUT2D eigenvalue weighted by atomic mass is 9.69. The van der Waals surface area contributed by atoms with Crippen LogP contribution in [0.1, 0.15) is 265 Å². The number of hydrogen-bond donors (Lipinski definition) is 0. The van der Waals surface area contributed by atoms with Crippen molar-refractivity contribution in [3.63, 3.8) is 0 Å². The van der Waals surface area contributed by atoms with Gasteiger partial charge in [-0.15, -0.1) is 0 Å². The molecule has 9 aliphatic rings. The van der Waals surface area contributed by atoms with Crippen LogP contribution in [0.3, 0.4) is 0 Å². The fraction of sp³-hybridized carbons (Fsp3) is 1.00. The normalized spacial score (nSPS) is 45.3. The van der Waals surface area contributed by atoms with Crippen LogP contribution in [0.4, 0.5) is 0 Å². The van der Waals surface area contributed by atoms with Crippen molar-refractivity contribution in [3.8, 4) is 0 Å². The molecule has 0 radical (unpaired) electrons. The summed E-state index contributed by atoms with van der Waals surface area (Å²) in [4.78, 5) is 9.79. The molecule has 0 aliphatic heterocycles. The highest BCUT2D eigenvalue weighted by atomic mass is 15.2. The van der Waals surface area contributed by atoms with Crippen LogP contribution in [0.15, 0.2) is 0 Å². The third-order valence-corrected chi connectivity index (χ3v) is 21.3. The lowest BCUT2D eigenvalue weighted by molar-refractivity contribution is -0.0193. The molecule has 0 aromatic rings. The van der Waals surface area contributed by atoms with E-state index in [9.17, 15) is 0 Å². The van der Waals surface area contributed by atoms with Crippen LogP contribution in [0.5, 0.6) is 0 Å². The van der Waals surface area contributed by atoms with Gasteiger partial charge in [-0.05, 0) is 214 Å². The van der Waals surface area contributed by atoms with Crippen LogP contribution in [0.2, 0.25) is 0 Å². The Morgan fingerprint density at radius 1 is 0.197 bits per heavy atom. The van der Waals surface area contributed by atoms with Crippen LogP contribution >= 0.6 is 0 Å². The van der Waals surface area contributed by atoms with Gasteiger partial charge in [-0.25, -0.2) is 0 Å². The molecule has 3 heteroatoms. The molecular formula is C58H103N3. The second-order valence-corrected chi connectivity index (χ2v) is 25.6. The zero-order valence-corrected chi connectivity index (χ0v) is 41.3. The number of hydrogen-bond acceptors (Lipinski definition) is 3. The standard InChI is InChI=1S/C58H103N3/c1-42-12-8-18-55(38-42)60(56-19-9-13-43(2)39-56)53-34-26-48(27-35-53)46-22-30-51(31-23-46)59(50-16-6-5-7-17-50)52-32-24-47(25-33-52)49-28-36-54(37-29-49)61(57-20-10-14-44(3)40-57)58-21-11-15-45(4)41-58/h42-58H,5-41H2,1-4H3. The van der Waals surface area contributed by atoms with Gasteiger partial charge in [0.05, 0.1) is 0 Å². The van der Waals surface area contributed by atoms with Gasteiger partial charge in [0.25, 0.3) is 0 Å². The minimum absolute atomic E-state index is 0.896. The SMILES string of the molecule is CC1CCCC(N(C2CCC(C3CCC(N(C4CCCCC4)C4CCC(C5CCC(N(C6CCCC(C)C6)C6CCCC(C)C6)CC5)CC4)CC3)CC2)C2CCCC(C)C2)C1. The average molecular weight is 842 g/mol. The van der Waals surface area contributed by atoms with Gasteiger partial charge in [0.1, 0.15) is 0 Å². The Kier molecular flexibility index (Phi) is 16.7. The summed E-state index contributed by atoms with van der Waals surface area (Å²) < 4.78 is 0. The Hall–Kier alpha value is -0.120. The predicted octanol–water partition coefficient (Wildman–Crippen LogP) is 15.8. The van der Waals surface area contributed by atoms with E-state index in [1.807, 2.05) is 0 Å². The van der Waals surface area contributed by atoms with E-state index in [4.69, 9.17) is 0 Å². The molecule has 9 fully saturated rings. The number of nitrogens with zero attached hydrogens (tertiary/aromatic N) is 3. The maximum atomic E-state index is 3.31. The van der Waals surface area contributed by atoms with Gasteiger partial charge in [-0.1, -0.05) is 98.3 Å². The molecule has 8 atom stereocenters. The zero-order chi connectivity index (χ0) is 41.7. The molecule has 9 rings (SSSR count). The Balaban J connectivity index is 0.765. The van der Waals surface area contributed by atoms with Crippen LogP contribution in [0.25, 0.3) is 0 Å². The Morgan fingerprint density at radius 3 is 0.656 bits per heavy atom. The first kappa shape index (κ1) is 46.0. The van der Waals surface area contributed by atoms with Gasteiger partial charge in [0, 0.05) is 54.4 Å². The highest BCUT2D eigenvalue weighted by molar-refractivity contribution is 4.98. The summed E-state index contributed by atoms with van der Waals surface area (Å²) in [5.74, 6) is 7.93. The van der Waals surface area contributed by atoms with E-state index >= 15 is 0 Å². The van der Waals surface area contributed by atoms with E-state index in [0.717, 1.165) is 102 Å². The van der Waals surface area contributed by atoms with Crippen LogP contribution in [-0.4, -0.2) is 69.1 Å². The second-order valence-electron chi connectivity index (χ2n) is 25.6. The zero-order valence-electron chi connectivity index (χ0n) is 41.3. The van der Waals surface area contributed by atoms with Gasteiger partial charge in [-0.2, -0.15) is 0 Å². The van der Waals surface area contributed by atoms with Crippen molar-refractivity contribution in [1.82, 2.24) is 14.7 Å². The van der Waals surface area contributed by atoms with Crippen molar-refractivity contribution in [1.29, 1.82) is 0 Å². The highest BCUT2D eigenvalue weighted by Crippen LogP contribution is 2.48. The smallest absolute Gasteiger partial charge is 0.0104 e. The summed E-state index contributed by atoms with van der Waals surface area (Å²) in [7, 11) is 0. The molecule has 0 amide bonds. The molecule has 8 unspecified atom stereocenters. The Labute approximate surface area is 380 Å². The molecule has 0 N–H and O–H groups in total. The molecular weight excluding hydrogens is 739 g/mol. The molecule has 0 saturated heterocycles. The van der Waals surface area contributed by atoms with Gasteiger partial charge < -0.3 is 0 Å². The molecule has 0 spiro atoms. The van der Waals surface area contributed by atoms with Crippen LogP contribution in [0, 0.1) is 47.3 Å². The van der Waals surface area contributed by atoms with Gasteiger partial charge in [0.15, 0.2) is 0 Å². The molecule has 3 nitrogen and oxygen atoms in total. The Bertz CT molecular complexity index is 1130. The molecule has 350 valence electrons. The van der Waals surface area contributed by atoms with Gasteiger partial charge in [0.2, 0.25) is 0 Å². The third-order valence-electron chi connectivity index (χ3n) is 21.3. The largest absolute Gasteiger partial charge is 0.294 e. The third kappa shape index (κ3) is 11.5. The predicted molar refractivity (Wildman–Crippen MR) is 261 cm³/mol. The van der Waals surface area contributed by atoms with Crippen molar-refractivity contribution in [2.45, 2.75) is 320 Å². The van der Waals surface area contributed by atoms with Crippen molar-refractivity contribution < 1.29 is 0 Å². The summed E-state index contributed by atoms with van der Waals surface area (Å²) in [5.41, 5.74) is 0. The first-order valence-electron chi connectivity index (χ1n) is 29.2. The maximum Gasteiger partial charge on any atom is 0.0104 e. The van der Waals surface area contributed by atoms with Crippen LogP contribution in [-0.2, 0) is 0 Å². The van der Waals surface area contributed by atoms with E-state index in [1.165, 1.54) is 186 Å². The summed E-state index contributed by atoms with van der Waals surface area (Å²) in [6.07, 6.45) is 56.1. The molecule has 9 saturated carbocycles. The first-order chi connectivity index (χ1) is 29.9. The topological polar surface area (TPSA) is 9.72 Å². The van der Waals surface area contributed by atoms with E-state index < -0.39 is 0 Å². The molecule has 61 heavy (non-hydrogen) atoms. The van der Waals surface area contributed by atoms with Crippen molar-refractivity contribution in [3.05, 3.63) is 0 Å². The van der Waals surface area contributed by atoms with Crippen molar-refractivity contribution in [2.75, 3.05) is 0 Å². The van der Waals surface area contributed by atoms with E-state index in [1.54, 1.807) is 51.4 Å². The van der Waals surface area contributed by atoms with Crippen molar-refractivity contribution in [2.24, 2.45) is 47.3 Å². The lowest BCUT2D eigenvalue weighted by Gasteiger charge is -2.52. The van der Waals surface area contributed by atoms with Crippen molar-refractivity contribution >= 4 is 0 Å². The first-order valence-corrected chi connectivity index (χ1v) is 29.2. The summed E-state index contributed by atoms with van der Waals surface area (Å²) in [5, 5.41) is 0. The summed E-state index contributed by atoms with van der Waals surface area (Å²) in [6, 6.07) is 8.10. The minimum Gasteiger partial charge on any atom is -0.294 e. The van der Waals surface area contributed by atoms with Crippen LogP contribution < -0.4 is 0 Å². The van der Waals surface area contributed by atoms with E-state index in [0.29, 0.717) is 0 Å². The average Bonchev–Trinajstić information content (AvgIpc) is 3.28. The molecule has 0 aromatic heterocycles. The van der Waals surface area contributed by atoms with Gasteiger partial charge >= 0.3 is 0 Å². The molecule has 9 aliphatic carbocycles. The summed E-state index contributed by atoms with van der Waals surface area (Å²) in [6.45, 7) is 10.3. The second kappa shape index (κ2) is 22.1. The van der Waals surface area contributed by atoms with Gasteiger partial charge in [-0.3, -0.25) is 14.7 Å². The minimum atomic E-state index is 0.896. The highest BCUT2D eigenvalue weighted by Gasteiger charge is 2.44. The monoisotopic (exact) mass is 842 g/mol. The summed E-state index contributed by atoms with van der Waals surface area (Å²) >= 11 is 0. The van der Waals surface area contributed by atoms with E-state index in [-0.39, 0.29) is 0 Å². The lowest BCUT2D eigenvalue weighted by Crippen LogP contribution is -2.54. The Morgan fingerprint density at radius 2 is 0.410 bits per heavy atom. The maximum absolute atomic E-state index is 3.31. The van der Waals surface area contributed by atoms with E-state index in [2.05, 4.69) is 42.4 Å². The quantitative estimate of drug-likeness (QED) is 0.205.